The van der Waals surface area contributed by atoms with Crippen LogP contribution in [0.15, 0.2) is 22.9 Å². The van der Waals surface area contributed by atoms with Crippen LogP contribution in [0.1, 0.15) is 54.1 Å². The number of ketones is 2. The highest BCUT2D eigenvalue weighted by Crippen LogP contribution is 2.46. The van der Waals surface area contributed by atoms with Gasteiger partial charge in [-0.25, -0.2) is 0 Å². The minimum Gasteiger partial charge on any atom is -0.289 e. The Kier molecular flexibility index (Phi) is 9.97. The number of carbonyl (C=O) groups excluding carboxylic acids is 2. The van der Waals surface area contributed by atoms with Gasteiger partial charge in [-0.2, -0.15) is 0 Å². The quantitative estimate of drug-likeness (QED) is 0.120. The number of hydrogen-bond donors (Lipinski definition) is 0. The first-order chi connectivity index (χ1) is 21.2. The summed E-state index contributed by atoms with van der Waals surface area (Å²) in [7, 11) is -5.61. The fourth-order valence-corrected chi connectivity index (χ4v) is 12.9. The maximum absolute atomic E-state index is 15.5. The molecule has 1 aliphatic rings. The molecule has 2 nitrogen and oxygen atoms in total. The fraction of sp³-hybridized carbons (Fsp3) is 0.526. The molecular formula is C38H56O2S2Si4. The van der Waals surface area contributed by atoms with Crippen molar-refractivity contribution in [1.82, 2.24) is 0 Å². The van der Waals surface area contributed by atoms with E-state index in [1.807, 2.05) is 0 Å². The number of aryl methyl sites for hydroxylation is 4. The molecule has 0 N–H and O–H groups in total. The third-order valence-electron chi connectivity index (χ3n) is 9.64. The molecule has 4 aromatic rings. The molecule has 46 heavy (non-hydrogen) atoms. The van der Waals surface area contributed by atoms with Gasteiger partial charge in [0.25, 0.3) is 0 Å². The Labute approximate surface area is 290 Å². The van der Waals surface area contributed by atoms with Gasteiger partial charge < -0.3 is 0 Å². The van der Waals surface area contributed by atoms with Gasteiger partial charge in [0.15, 0.2) is 11.6 Å². The van der Waals surface area contributed by atoms with Gasteiger partial charge in [-0.15, -0.1) is 22.7 Å². The Morgan fingerprint density at radius 1 is 0.435 bits per heavy atom. The molecule has 0 amide bonds. The smallest absolute Gasteiger partial charge is 0.195 e. The Morgan fingerprint density at radius 2 is 0.696 bits per heavy atom. The van der Waals surface area contributed by atoms with Crippen LogP contribution in [0.4, 0.5) is 0 Å². The van der Waals surface area contributed by atoms with E-state index in [0.717, 1.165) is 94.4 Å². The number of carbonyl (C=O) groups is 2. The second kappa shape index (κ2) is 12.8. The molecule has 2 heterocycles. The predicted molar refractivity (Wildman–Crippen MR) is 218 cm³/mol. The minimum absolute atomic E-state index is 0.144. The van der Waals surface area contributed by atoms with Crippen LogP contribution in [-0.2, 0) is 25.7 Å². The van der Waals surface area contributed by atoms with Gasteiger partial charge in [0, 0.05) is 63.9 Å². The maximum Gasteiger partial charge on any atom is 0.195 e. The van der Waals surface area contributed by atoms with Crippen molar-refractivity contribution in [3.63, 3.8) is 0 Å². The van der Waals surface area contributed by atoms with Crippen molar-refractivity contribution in [3.8, 4) is 0 Å². The average Bonchev–Trinajstić information content (AvgIpc) is 3.59. The lowest BCUT2D eigenvalue weighted by molar-refractivity contribution is 0.0976. The van der Waals surface area contributed by atoms with Crippen LogP contribution in [-0.4, -0.2) is 43.9 Å². The molecule has 0 saturated carbocycles. The Balaban J connectivity index is 1.87. The predicted octanol–water partition coefficient (Wildman–Crippen LogP) is 12.4. The van der Waals surface area contributed by atoms with E-state index >= 15 is 9.59 Å². The molecule has 0 bridgehead atoms. The molecule has 0 unspecified atom stereocenters. The van der Waals surface area contributed by atoms with Crippen molar-refractivity contribution in [2.24, 2.45) is 0 Å². The molecule has 5 rings (SSSR count). The van der Waals surface area contributed by atoms with Crippen molar-refractivity contribution < 1.29 is 9.59 Å². The zero-order valence-corrected chi connectivity index (χ0v) is 36.2. The van der Waals surface area contributed by atoms with Crippen molar-refractivity contribution >= 4 is 86.7 Å². The molecule has 0 radical (unpaired) electrons. The maximum atomic E-state index is 15.5. The first-order valence-corrected chi connectivity index (χ1v) is 33.9. The topological polar surface area (TPSA) is 34.1 Å². The summed E-state index contributed by atoms with van der Waals surface area (Å²) in [5.41, 5.74) is 7.72. The third-order valence-corrected chi connectivity index (χ3v) is 18.6. The summed E-state index contributed by atoms with van der Waals surface area (Å²) in [4.78, 5) is 31.0. The summed E-state index contributed by atoms with van der Waals surface area (Å²) in [6, 6.07) is 8.95. The highest BCUT2D eigenvalue weighted by Gasteiger charge is 2.40. The Morgan fingerprint density at radius 3 is 0.978 bits per heavy atom. The second-order valence-electron chi connectivity index (χ2n) is 18.6. The SMILES string of the molecule is C[Si](C)(C)CCc1c2c(c(CC[Si](C)(C)C)c3sccc13)C(=O)c1c(c(CC[Si](C)(C)C)c3ccsc3c1CC[Si](C)(C)C)C2=O. The number of thiophene rings is 2. The zero-order valence-electron chi connectivity index (χ0n) is 30.6. The van der Waals surface area contributed by atoms with Gasteiger partial charge in [-0.1, -0.05) is 103 Å². The summed E-state index contributed by atoms with van der Waals surface area (Å²) >= 11 is 3.56. The van der Waals surface area contributed by atoms with E-state index in [9.17, 15) is 0 Å². The first kappa shape index (κ1) is 35.9. The summed E-state index contributed by atoms with van der Waals surface area (Å²) in [6.45, 7) is 29.0. The van der Waals surface area contributed by atoms with E-state index in [-0.39, 0.29) is 11.6 Å². The average molecular weight is 721 g/mol. The molecule has 0 fully saturated rings. The number of benzene rings is 2. The third kappa shape index (κ3) is 7.57. The van der Waals surface area contributed by atoms with Crippen molar-refractivity contribution in [2.75, 3.05) is 0 Å². The van der Waals surface area contributed by atoms with Gasteiger partial charge in [0.05, 0.1) is 0 Å². The van der Waals surface area contributed by atoms with Crippen LogP contribution in [0, 0.1) is 0 Å². The summed E-state index contributed by atoms with van der Waals surface area (Å²) in [6.07, 6.45) is 3.51. The monoisotopic (exact) mass is 720 g/mol. The molecular weight excluding hydrogens is 665 g/mol. The molecule has 0 aliphatic heterocycles. The van der Waals surface area contributed by atoms with E-state index < -0.39 is 32.3 Å². The Hall–Kier alpha value is -1.43. The molecule has 0 spiro atoms. The van der Waals surface area contributed by atoms with Crippen LogP contribution < -0.4 is 0 Å². The Bertz CT molecular complexity index is 1560. The second-order valence-corrected chi connectivity index (χ2v) is 43.0. The van der Waals surface area contributed by atoms with Gasteiger partial charge in [0.1, 0.15) is 0 Å². The van der Waals surface area contributed by atoms with E-state index in [2.05, 4.69) is 101 Å². The normalized spacial score (nSPS) is 14.4. The van der Waals surface area contributed by atoms with Crippen LogP contribution >= 0.6 is 22.7 Å². The van der Waals surface area contributed by atoms with E-state index in [1.165, 1.54) is 20.2 Å². The number of fused-ring (bicyclic) bond motifs is 4. The molecule has 2 aromatic heterocycles. The summed E-state index contributed by atoms with van der Waals surface area (Å²) < 4.78 is 2.51. The molecule has 248 valence electrons. The number of hydrogen-bond acceptors (Lipinski definition) is 4. The van der Waals surface area contributed by atoms with Crippen LogP contribution in [0.25, 0.3) is 20.2 Å². The van der Waals surface area contributed by atoms with Crippen LogP contribution in [0.5, 0.6) is 0 Å². The molecule has 8 heteroatoms. The largest absolute Gasteiger partial charge is 0.289 e. The lowest BCUT2D eigenvalue weighted by Crippen LogP contribution is -2.30. The minimum atomic E-state index is -1.40. The van der Waals surface area contributed by atoms with Gasteiger partial charge in [0.2, 0.25) is 0 Å². The van der Waals surface area contributed by atoms with Crippen LogP contribution in [0.3, 0.4) is 0 Å². The highest BCUT2D eigenvalue weighted by atomic mass is 32.1. The zero-order chi connectivity index (χ0) is 34.0. The molecule has 0 atom stereocenters. The lowest BCUT2D eigenvalue weighted by Gasteiger charge is -2.30. The molecule has 2 aromatic carbocycles. The van der Waals surface area contributed by atoms with E-state index in [0.29, 0.717) is 0 Å². The van der Waals surface area contributed by atoms with Gasteiger partial charge >= 0.3 is 0 Å². The van der Waals surface area contributed by atoms with Crippen molar-refractivity contribution in [2.45, 2.75) is 128 Å². The van der Waals surface area contributed by atoms with Gasteiger partial charge in [-0.05, 0) is 81.6 Å². The highest BCUT2D eigenvalue weighted by molar-refractivity contribution is 7.17. The van der Waals surface area contributed by atoms with Crippen molar-refractivity contribution in [3.05, 3.63) is 67.4 Å². The lowest BCUT2D eigenvalue weighted by atomic mass is 9.73. The molecule has 1 aliphatic carbocycles. The fourth-order valence-electron chi connectivity index (χ4n) is 6.91. The van der Waals surface area contributed by atoms with Crippen LogP contribution in [0.2, 0.25) is 103 Å². The molecule has 0 saturated heterocycles. The van der Waals surface area contributed by atoms with E-state index in [1.54, 1.807) is 22.7 Å². The number of rotatable bonds is 12. The first-order valence-electron chi connectivity index (χ1n) is 17.4. The standard InChI is InChI=1S/C38H56O2S2Si4/c1-43(2,3)21-15-25-27-13-19-41-37(27)29(17-23-45(7,8)9)33-31(25)35(39)32-26(16-22-44(4,5)6)28-14-20-42-38(28)30(34(32)36(33)40)18-24-46(10,11)12/h13-14,19-20H,15-18,21-24H2,1-12H3. The summed E-state index contributed by atoms with van der Waals surface area (Å²) in [5, 5.41) is 6.86. The van der Waals surface area contributed by atoms with E-state index in [4.69, 9.17) is 0 Å². The summed E-state index contributed by atoms with van der Waals surface area (Å²) in [5.74, 6) is 0.292. The van der Waals surface area contributed by atoms with Crippen molar-refractivity contribution in [1.29, 1.82) is 0 Å². The van der Waals surface area contributed by atoms with Gasteiger partial charge in [-0.3, -0.25) is 9.59 Å².